The highest BCUT2D eigenvalue weighted by Gasteiger charge is 2.42. The first kappa shape index (κ1) is 41.0. The normalized spacial score (nSPS) is 14.8. The average molecular weight is 839 g/mol. The van der Waals surface area contributed by atoms with Gasteiger partial charge in [-0.25, -0.2) is 14.8 Å². The number of hydrogen-bond acceptors (Lipinski definition) is 11. The minimum absolute atomic E-state index is 0.0204. The SMILES string of the molecule is Cc1c(-c2c(-c3ccco3)sc3ncnc(OC(C(=O)O)C(C)(C)c4ccccc4OCc4ccnn4CC(F)(F)F)c23)ccc(OCCN2CCN(C)CC2)c1Cl. The van der Waals surface area contributed by atoms with Crippen molar-refractivity contribution in [2.75, 3.05) is 46.4 Å². The maximum Gasteiger partial charge on any atom is 0.408 e. The highest BCUT2D eigenvalue weighted by molar-refractivity contribution is 7.22. The molecule has 7 rings (SSSR count). The van der Waals surface area contributed by atoms with E-state index in [0.717, 1.165) is 48.5 Å². The van der Waals surface area contributed by atoms with Crippen LogP contribution in [-0.4, -0.2) is 99.3 Å². The van der Waals surface area contributed by atoms with Crippen LogP contribution in [0, 0.1) is 6.92 Å². The molecular weight excluding hydrogens is 797 g/mol. The number of furan rings is 1. The van der Waals surface area contributed by atoms with E-state index in [-0.39, 0.29) is 23.9 Å². The highest BCUT2D eigenvalue weighted by atomic mass is 35.5. The molecule has 1 fully saturated rings. The Kier molecular flexibility index (Phi) is 12.0. The van der Waals surface area contributed by atoms with Gasteiger partial charge >= 0.3 is 12.1 Å². The van der Waals surface area contributed by atoms with Crippen LogP contribution in [0.2, 0.25) is 5.02 Å². The third-order valence-corrected chi connectivity index (χ3v) is 11.9. The second kappa shape index (κ2) is 17.0. The lowest BCUT2D eigenvalue weighted by molar-refractivity contribution is -0.148. The molecule has 5 heterocycles. The van der Waals surface area contributed by atoms with Crippen molar-refractivity contribution in [3.8, 4) is 39.1 Å². The smallest absolute Gasteiger partial charge is 0.408 e. The van der Waals surface area contributed by atoms with Gasteiger partial charge in [-0.15, -0.1) is 11.3 Å². The van der Waals surface area contributed by atoms with E-state index in [4.69, 9.17) is 30.2 Å². The number of carboxylic acids is 1. The van der Waals surface area contributed by atoms with Crippen molar-refractivity contribution in [1.29, 1.82) is 0 Å². The van der Waals surface area contributed by atoms with Crippen molar-refractivity contribution in [3.63, 3.8) is 0 Å². The number of thiophene rings is 1. The lowest BCUT2D eigenvalue weighted by atomic mass is 9.78. The first-order valence-electron chi connectivity index (χ1n) is 18.5. The molecule has 0 radical (unpaired) electrons. The minimum atomic E-state index is -4.48. The van der Waals surface area contributed by atoms with Gasteiger partial charge in [-0.05, 0) is 55.4 Å². The predicted molar refractivity (Wildman–Crippen MR) is 214 cm³/mol. The summed E-state index contributed by atoms with van der Waals surface area (Å²) in [5.74, 6) is 0.108. The number of aromatic nitrogens is 4. The van der Waals surface area contributed by atoms with Crippen LogP contribution in [0.4, 0.5) is 13.2 Å². The van der Waals surface area contributed by atoms with E-state index >= 15 is 0 Å². The van der Waals surface area contributed by atoms with E-state index in [1.54, 1.807) is 50.4 Å². The van der Waals surface area contributed by atoms with Crippen LogP contribution in [0.5, 0.6) is 17.4 Å². The summed E-state index contributed by atoms with van der Waals surface area (Å²) in [5, 5.41) is 15.4. The number of carboxylic acid groups (broad SMARTS) is 1. The van der Waals surface area contributed by atoms with Crippen LogP contribution in [0.1, 0.15) is 30.7 Å². The summed E-state index contributed by atoms with van der Waals surface area (Å²) in [7, 11) is 2.12. The van der Waals surface area contributed by atoms with Crippen LogP contribution in [0.25, 0.3) is 32.0 Å². The Morgan fingerprint density at radius 2 is 1.79 bits per heavy atom. The molecule has 0 spiro atoms. The van der Waals surface area contributed by atoms with Gasteiger partial charge in [0.2, 0.25) is 12.0 Å². The second-order valence-electron chi connectivity index (χ2n) is 14.6. The minimum Gasteiger partial charge on any atom is -0.491 e. The summed E-state index contributed by atoms with van der Waals surface area (Å²) in [5.41, 5.74) is 1.45. The predicted octanol–water partition coefficient (Wildman–Crippen LogP) is 8.35. The molecule has 1 N–H and O–H groups in total. The molecule has 17 heteroatoms. The summed E-state index contributed by atoms with van der Waals surface area (Å²) in [6.07, 6.45) is -1.87. The Morgan fingerprint density at radius 1 is 1.02 bits per heavy atom. The van der Waals surface area contributed by atoms with Crippen molar-refractivity contribution in [2.24, 2.45) is 0 Å². The van der Waals surface area contributed by atoms with E-state index in [9.17, 15) is 23.1 Å². The van der Waals surface area contributed by atoms with E-state index in [0.29, 0.717) is 49.4 Å². The molecule has 58 heavy (non-hydrogen) atoms. The van der Waals surface area contributed by atoms with Crippen LogP contribution < -0.4 is 14.2 Å². The topological polar surface area (TPSA) is 128 Å². The lowest BCUT2D eigenvalue weighted by Crippen LogP contribution is -2.45. The Bertz CT molecular complexity index is 2380. The van der Waals surface area contributed by atoms with E-state index in [1.165, 1.54) is 29.9 Å². The standard InChI is InChI=1S/C41H42ClF3N6O6S/c1-25-27(11-12-30(34(25)42)55-21-19-50-17-15-49(4)16-18-50)32-33-37(46-24-47-38(33)58-35(32)31-10-7-20-54-31)57-36(39(52)53)40(2,3)28-8-5-6-9-29(28)56-22-26-13-14-48-51(26)23-41(43,44)45/h5-14,20,24,36H,15-19,21-23H2,1-4H3,(H,52,53). The molecule has 1 saturated heterocycles. The largest absolute Gasteiger partial charge is 0.491 e. The van der Waals surface area contributed by atoms with Gasteiger partial charge in [-0.1, -0.05) is 49.7 Å². The van der Waals surface area contributed by atoms with E-state index in [1.807, 2.05) is 25.1 Å². The molecule has 1 unspecified atom stereocenters. The average Bonchev–Trinajstić information content (AvgIpc) is 3.96. The van der Waals surface area contributed by atoms with Crippen LogP contribution in [0.3, 0.4) is 0 Å². The number of aliphatic carboxylic acids is 1. The second-order valence-corrected chi connectivity index (χ2v) is 16.0. The van der Waals surface area contributed by atoms with Crippen molar-refractivity contribution >= 4 is 39.1 Å². The number of halogens is 4. The van der Waals surface area contributed by atoms with E-state index < -0.39 is 30.2 Å². The number of ether oxygens (including phenoxy) is 3. The first-order valence-corrected chi connectivity index (χ1v) is 19.7. The molecule has 2 aromatic carbocycles. The monoisotopic (exact) mass is 838 g/mol. The van der Waals surface area contributed by atoms with Gasteiger partial charge in [-0.3, -0.25) is 9.58 Å². The number of fused-ring (bicyclic) bond motifs is 1. The van der Waals surface area contributed by atoms with Crippen LogP contribution in [-0.2, 0) is 23.4 Å². The lowest BCUT2D eigenvalue weighted by Gasteiger charge is -2.33. The Hall–Kier alpha value is -5.16. The molecule has 12 nitrogen and oxygen atoms in total. The number of carbonyl (C=O) groups is 1. The number of piperazine rings is 1. The number of hydrogen-bond donors (Lipinski definition) is 1. The van der Waals surface area contributed by atoms with Crippen molar-refractivity contribution in [3.05, 3.63) is 95.2 Å². The maximum absolute atomic E-state index is 13.2. The highest BCUT2D eigenvalue weighted by Crippen LogP contribution is 2.50. The van der Waals surface area contributed by atoms with Crippen LogP contribution >= 0.6 is 22.9 Å². The first-order chi connectivity index (χ1) is 27.7. The van der Waals surface area contributed by atoms with E-state index in [2.05, 4.69) is 31.9 Å². The fourth-order valence-electron chi connectivity index (χ4n) is 7.06. The summed E-state index contributed by atoms with van der Waals surface area (Å²) in [6.45, 7) is 8.95. The molecule has 0 amide bonds. The summed E-state index contributed by atoms with van der Waals surface area (Å²) >= 11 is 8.35. The molecule has 1 aliphatic heterocycles. The fourth-order valence-corrected chi connectivity index (χ4v) is 8.40. The molecule has 6 aromatic rings. The van der Waals surface area contributed by atoms with Crippen molar-refractivity contribution in [1.82, 2.24) is 29.5 Å². The number of rotatable bonds is 15. The molecule has 1 atom stereocenters. The summed E-state index contributed by atoms with van der Waals surface area (Å²) in [6, 6.07) is 15.5. The zero-order valence-electron chi connectivity index (χ0n) is 32.3. The van der Waals surface area contributed by atoms with Crippen LogP contribution in [0.15, 0.2) is 77.8 Å². The molecule has 0 bridgehead atoms. The quantitative estimate of drug-likeness (QED) is 0.107. The fraction of sp³-hybridized carbons (Fsp3) is 0.366. The van der Waals surface area contributed by atoms with Crippen molar-refractivity contribution < 1.29 is 41.7 Å². The third-order valence-electron chi connectivity index (χ3n) is 10.3. The van der Waals surface area contributed by atoms with Gasteiger partial charge in [0.15, 0.2) is 0 Å². The molecular formula is C41H42ClF3N6O6S. The number of benzene rings is 2. The Labute approximate surface area is 341 Å². The van der Waals surface area contributed by atoms with Gasteiger partial charge in [-0.2, -0.15) is 18.3 Å². The zero-order valence-corrected chi connectivity index (χ0v) is 33.8. The summed E-state index contributed by atoms with van der Waals surface area (Å²) in [4.78, 5) is 28.1. The summed E-state index contributed by atoms with van der Waals surface area (Å²) < 4.78 is 64.9. The number of para-hydroxylation sites is 1. The Morgan fingerprint density at radius 3 is 2.52 bits per heavy atom. The number of likely N-dealkylation sites (N-methyl/N-ethyl adjacent to an activating group) is 1. The number of nitrogens with zero attached hydrogens (tertiary/aromatic N) is 6. The van der Waals surface area contributed by atoms with Crippen molar-refractivity contribution in [2.45, 2.75) is 51.6 Å². The molecule has 0 saturated carbocycles. The van der Waals surface area contributed by atoms with Gasteiger partial charge < -0.3 is 28.6 Å². The zero-order chi connectivity index (χ0) is 41.2. The number of alkyl halides is 3. The maximum atomic E-state index is 13.2. The molecule has 4 aromatic heterocycles. The third kappa shape index (κ3) is 8.79. The van der Waals surface area contributed by atoms with Gasteiger partial charge in [0.1, 0.15) is 48.2 Å². The molecule has 0 aliphatic carbocycles. The van der Waals surface area contributed by atoms with Gasteiger partial charge in [0, 0.05) is 55.5 Å². The molecule has 1 aliphatic rings. The molecule has 306 valence electrons. The Balaban J connectivity index is 1.22. The van der Waals surface area contributed by atoms with Gasteiger partial charge in [0.25, 0.3) is 0 Å². The van der Waals surface area contributed by atoms with Gasteiger partial charge in [0.05, 0.1) is 27.2 Å².